The number of ether oxygens (including phenoxy) is 1. The first-order chi connectivity index (χ1) is 13.5. The number of nitrogens with one attached hydrogen (secondary N) is 1. The molecule has 6 nitrogen and oxygen atoms in total. The van der Waals surface area contributed by atoms with E-state index in [1.165, 1.54) is 16.3 Å². The third kappa shape index (κ3) is 5.41. The molecule has 1 N–H and O–H groups in total. The van der Waals surface area contributed by atoms with Crippen LogP contribution in [0.5, 0.6) is 0 Å². The van der Waals surface area contributed by atoms with Gasteiger partial charge in [-0.3, -0.25) is 4.79 Å². The predicted molar refractivity (Wildman–Crippen MR) is 111 cm³/mol. The van der Waals surface area contributed by atoms with E-state index in [0.29, 0.717) is 31.5 Å². The van der Waals surface area contributed by atoms with Crippen LogP contribution >= 0.6 is 11.3 Å². The van der Waals surface area contributed by atoms with Crippen LogP contribution in [0.4, 0.5) is 0 Å². The average molecular weight is 423 g/mol. The van der Waals surface area contributed by atoms with Gasteiger partial charge in [-0.15, -0.1) is 11.3 Å². The third-order valence-corrected chi connectivity index (χ3v) is 7.65. The minimum Gasteiger partial charge on any atom is -0.384 e. The summed E-state index contributed by atoms with van der Waals surface area (Å²) in [6.45, 7) is 1.04. The van der Waals surface area contributed by atoms with Crippen LogP contribution in [0, 0.1) is 0 Å². The highest BCUT2D eigenvalue weighted by Gasteiger charge is 2.28. The maximum Gasteiger partial charge on any atom is 0.251 e. The predicted octanol–water partition coefficient (Wildman–Crippen LogP) is 2.51. The zero-order valence-electron chi connectivity index (χ0n) is 16.0. The van der Waals surface area contributed by atoms with Gasteiger partial charge in [0.25, 0.3) is 5.91 Å². The van der Waals surface area contributed by atoms with Gasteiger partial charge in [0.05, 0.1) is 12.4 Å². The number of hydrogen-bond acceptors (Lipinski definition) is 5. The molecule has 2 aromatic rings. The SMILES string of the molecule is COCCS(=O)(=O)N1CCC(NC(=O)c2ccccc2Cc2cccs2)CC1. The second kappa shape index (κ2) is 9.65. The van der Waals surface area contributed by atoms with Crippen molar-refractivity contribution < 1.29 is 17.9 Å². The molecule has 0 bridgehead atoms. The molecule has 0 spiro atoms. The first kappa shape index (κ1) is 21.0. The van der Waals surface area contributed by atoms with Crippen molar-refractivity contribution in [3.05, 3.63) is 57.8 Å². The van der Waals surface area contributed by atoms with Crippen molar-refractivity contribution in [2.24, 2.45) is 0 Å². The minimum absolute atomic E-state index is 0.00335. The third-order valence-electron chi connectivity index (χ3n) is 4.93. The lowest BCUT2D eigenvalue weighted by Gasteiger charge is -2.31. The average Bonchev–Trinajstić information content (AvgIpc) is 3.20. The van der Waals surface area contributed by atoms with Crippen LogP contribution in [0.25, 0.3) is 0 Å². The van der Waals surface area contributed by atoms with Gasteiger partial charge in [-0.05, 0) is 35.9 Å². The van der Waals surface area contributed by atoms with Gasteiger partial charge in [0.2, 0.25) is 10.0 Å². The Hall–Kier alpha value is -1.74. The van der Waals surface area contributed by atoms with E-state index in [9.17, 15) is 13.2 Å². The molecule has 1 aliphatic heterocycles. The Labute approximate surface area is 170 Å². The topological polar surface area (TPSA) is 75.7 Å². The quantitative estimate of drug-likeness (QED) is 0.709. The van der Waals surface area contributed by atoms with Crippen LogP contribution in [-0.4, -0.2) is 57.2 Å². The normalized spacial score (nSPS) is 16.2. The number of amides is 1. The highest BCUT2D eigenvalue weighted by Crippen LogP contribution is 2.19. The van der Waals surface area contributed by atoms with Gasteiger partial charge in [0.15, 0.2) is 0 Å². The summed E-state index contributed by atoms with van der Waals surface area (Å²) in [6.07, 6.45) is 1.97. The maximum absolute atomic E-state index is 12.8. The highest BCUT2D eigenvalue weighted by atomic mass is 32.2. The Morgan fingerprint density at radius 1 is 1.21 bits per heavy atom. The van der Waals surface area contributed by atoms with Crippen LogP contribution < -0.4 is 5.32 Å². The summed E-state index contributed by atoms with van der Waals surface area (Å²) in [5.74, 6) is -0.0933. The van der Waals surface area contributed by atoms with Gasteiger partial charge < -0.3 is 10.1 Å². The van der Waals surface area contributed by atoms with Crippen molar-refractivity contribution in [1.29, 1.82) is 0 Å². The van der Waals surface area contributed by atoms with E-state index >= 15 is 0 Å². The Morgan fingerprint density at radius 3 is 2.64 bits per heavy atom. The van der Waals surface area contributed by atoms with E-state index < -0.39 is 10.0 Å². The van der Waals surface area contributed by atoms with E-state index in [2.05, 4.69) is 11.4 Å². The second-order valence-corrected chi connectivity index (χ2v) is 9.99. The summed E-state index contributed by atoms with van der Waals surface area (Å²) in [7, 11) is -1.79. The number of rotatable bonds is 8. The largest absolute Gasteiger partial charge is 0.384 e. The zero-order chi connectivity index (χ0) is 20.0. The van der Waals surface area contributed by atoms with Crippen molar-refractivity contribution in [3.63, 3.8) is 0 Å². The van der Waals surface area contributed by atoms with Gasteiger partial charge in [0.1, 0.15) is 0 Å². The van der Waals surface area contributed by atoms with Crippen molar-refractivity contribution in [1.82, 2.24) is 9.62 Å². The Morgan fingerprint density at radius 2 is 1.96 bits per heavy atom. The number of piperidine rings is 1. The molecule has 28 heavy (non-hydrogen) atoms. The smallest absolute Gasteiger partial charge is 0.251 e. The monoisotopic (exact) mass is 422 g/mol. The molecule has 1 aliphatic rings. The molecule has 1 fully saturated rings. The number of methoxy groups -OCH3 is 1. The lowest BCUT2D eigenvalue weighted by molar-refractivity contribution is 0.0923. The Kier molecular flexibility index (Phi) is 7.23. The first-order valence-electron chi connectivity index (χ1n) is 9.37. The van der Waals surface area contributed by atoms with Crippen LogP contribution in [0.3, 0.4) is 0 Å². The van der Waals surface area contributed by atoms with E-state index in [1.807, 2.05) is 35.7 Å². The Bertz CT molecular complexity index is 873. The second-order valence-electron chi connectivity index (χ2n) is 6.87. The summed E-state index contributed by atoms with van der Waals surface area (Å²) < 4.78 is 30.9. The van der Waals surface area contributed by atoms with Gasteiger partial charge in [0, 0.05) is 43.1 Å². The number of carbonyl (C=O) groups excluding carboxylic acids is 1. The standard InChI is InChI=1S/C20H26N2O4S2/c1-26-12-14-28(24,25)22-10-8-17(9-11-22)21-20(23)19-7-3-2-5-16(19)15-18-6-4-13-27-18/h2-7,13,17H,8-12,14-15H2,1H3,(H,21,23). The minimum atomic E-state index is -3.29. The maximum atomic E-state index is 12.8. The van der Waals surface area contributed by atoms with Gasteiger partial charge >= 0.3 is 0 Å². The molecular weight excluding hydrogens is 396 g/mol. The summed E-state index contributed by atoms with van der Waals surface area (Å²) >= 11 is 1.68. The molecule has 1 aromatic heterocycles. The number of thiophene rings is 1. The summed E-state index contributed by atoms with van der Waals surface area (Å²) in [5.41, 5.74) is 1.69. The van der Waals surface area contributed by atoms with E-state index in [-0.39, 0.29) is 24.3 Å². The molecule has 1 aromatic carbocycles. The molecule has 3 rings (SSSR count). The molecule has 0 atom stereocenters. The molecule has 1 amide bonds. The molecule has 0 saturated carbocycles. The van der Waals surface area contributed by atoms with Gasteiger partial charge in [-0.1, -0.05) is 24.3 Å². The lowest BCUT2D eigenvalue weighted by Crippen LogP contribution is -2.47. The first-order valence-corrected chi connectivity index (χ1v) is 11.9. The van der Waals surface area contributed by atoms with Crippen molar-refractivity contribution >= 4 is 27.3 Å². The van der Waals surface area contributed by atoms with Crippen molar-refractivity contribution in [2.45, 2.75) is 25.3 Å². The fourth-order valence-electron chi connectivity index (χ4n) is 3.36. The summed E-state index contributed by atoms with van der Waals surface area (Å²) in [6, 6.07) is 11.7. The fourth-order valence-corrected chi connectivity index (χ4v) is 5.49. The molecular formula is C20H26N2O4S2. The van der Waals surface area contributed by atoms with E-state index in [1.54, 1.807) is 11.3 Å². The number of hydrogen-bond donors (Lipinski definition) is 1. The van der Waals surface area contributed by atoms with Crippen LogP contribution in [0.2, 0.25) is 0 Å². The van der Waals surface area contributed by atoms with E-state index in [0.717, 1.165) is 12.0 Å². The number of nitrogens with zero attached hydrogens (tertiary/aromatic N) is 1. The lowest BCUT2D eigenvalue weighted by atomic mass is 10.0. The molecule has 2 heterocycles. The molecule has 152 valence electrons. The molecule has 0 radical (unpaired) electrons. The molecule has 1 saturated heterocycles. The number of carbonyl (C=O) groups is 1. The summed E-state index contributed by atoms with van der Waals surface area (Å²) in [5, 5.41) is 5.12. The van der Waals surface area contributed by atoms with Gasteiger partial charge in [-0.25, -0.2) is 12.7 Å². The van der Waals surface area contributed by atoms with Crippen molar-refractivity contribution in [2.75, 3.05) is 32.6 Å². The van der Waals surface area contributed by atoms with Gasteiger partial charge in [-0.2, -0.15) is 0 Å². The Balaban J connectivity index is 1.58. The van der Waals surface area contributed by atoms with E-state index in [4.69, 9.17) is 4.74 Å². The molecule has 0 aliphatic carbocycles. The summed E-state index contributed by atoms with van der Waals surface area (Å²) in [4.78, 5) is 14.0. The van der Waals surface area contributed by atoms with Crippen LogP contribution in [0.1, 0.15) is 33.6 Å². The number of benzene rings is 1. The van der Waals surface area contributed by atoms with Crippen LogP contribution in [0.15, 0.2) is 41.8 Å². The number of sulfonamides is 1. The fraction of sp³-hybridized carbons (Fsp3) is 0.450. The van der Waals surface area contributed by atoms with Crippen molar-refractivity contribution in [3.8, 4) is 0 Å². The zero-order valence-corrected chi connectivity index (χ0v) is 17.6. The molecule has 0 unspecified atom stereocenters. The van der Waals surface area contributed by atoms with Crippen LogP contribution in [-0.2, 0) is 21.2 Å². The highest BCUT2D eigenvalue weighted by molar-refractivity contribution is 7.89. The molecule has 8 heteroatoms.